The molecular formula is C12H18O2. The third kappa shape index (κ3) is 5.39. The fourth-order valence-corrected chi connectivity index (χ4v) is 1.24. The van der Waals surface area contributed by atoms with Crippen molar-refractivity contribution in [2.75, 3.05) is 0 Å². The number of esters is 1. The van der Waals surface area contributed by atoms with Gasteiger partial charge >= 0.3 is 5.97 Å². The van der Waals surface area contributed by atoms with Crippen LogP contribution in [0.25, 0.3) is 0 Å². The summed E-state index contributed by atoms with van der Waals surface area (Å²) >= 11 is 0. The quantitative estimate of drug-likeness (QED) is 0.382. The molecular weight excluding hydrogens is 176 g/mol. The molecule has 0 saturated carbocycles. The van der Waals surface area contributed by atoms with Crippen molar-refractivity contribution in [3.63, 3.8) is 0 Å². The van der Waals surface area contributed by atoms with Crippen molar-refractivity contribution in [3.05, 3.63) is 31.0 Å². The summed E-state index contributed by atoms with van der Waals surface area (Å²) in [5, 5.41) is 0. The van der Waals surface area contributed by atoms with Crippen molar-refractivity contribution >= 4 is 5.97 Å². The van der Waals surface area contributed by atoms with E-state index in [0.29, 0.717) is 6.42 Å². The smallest absolute Gasteiger partial charge is 0.303 e. The van der Waals surface area contributed by atoms with Gasteiger partial charge in [-0.05, 0) is 17.9 Å². The highest BCUT2D eigenvalue weighted by Crippen LogP contribution is 2.25. The maximum absolute atomic E-state index is 10.7. The van der Waals surface area contributed by atoms with Crippen molar-refractivity contribution in [2.45, 2.75) is 33.3 Å². The predicted octanol–water partition coefficient (Wildman–Crippen LogP) is 2.86. The summed E-state index contributed by atoms with van der Waals surface area (Å²) in [6.07, 6.45) is 3.96. The Hall–Kier alpha value is -1.27. The second-order valence-corrected chi connectivity index (χ2v) is 3.92. The number of allylic oxidation sites excluding steroid dienone is 1. The normalized spacial score (nSPS) is 12.5. The van der Waals surface area contributed by atoms with Crippen LogP contribution in [0.5, 0.6) is 0 Å². The van der Waals surface area contributed by atoms with Crippen LogP contribution in [0.2, 0.25) is 0 Å². The van der Waals surface area contributed by atoms with Crippen LogP contribution in [-0.4, -0.2) is 12.1 Å². The van der Waals surface area contributed by atoms with Gasteiger partial charge in [0.25, 0.3) is 0 Å². The van der Waals surface area contributed by atoms with Crippen LogP contribution in [0.15, 0.2) is 31.0 Å². The Morgan fingerprint density at radius 3 is 2.57 bits per heavy atom. The molecule has 78 valence electrons. The molecule has 1 atom stereocenters. The van der Waals surface area contributed by atoms with E-state index in [1.54, 1.807) is 6.08 Å². The maximum Gasteiger partial charge on any atom is 0.303 e. The molecule has 0 spiro atoms. The van der Waals surface area contributed by atoms with Gasteiger partial charge in [-0.25, -0.2) is 0 Å². The first-order valence-corrected chi connectivity index (χ1v) is 4.58. The highest BCUT2D eigenvalue weighted by molar-refractivity contribution is 5.66. The largest absolute Gasteiger partial charge is 0.458 e. The van der Waals surface area contributed by atoms with E-state index in [2.05, 4.69) is 18.9 Å². The lowest BCUT2D eigenvalue weighted by atomic mass is 9.86. The Labute approximate surface area is 86.0 Å². The molecule has 0 rings (SSSR count). The molecule has 2 heteroatoms. The van der Waals surface area contributed by atoms with Gasteiger partial charge in [-0.1, -0.05) is 33.1 Å². The van der Waals surface area contributed by atoms with Crippen molar-refractivity contribution in [1.29, 1.82) is 0 Å². The Morgan fingerprint density at radius 1 is 1.64 bits per heavy atom. The number of rotatable bonds is 5. The number of hydrogen-bond acceptors (Lipinski definition) is 2. The highest BCUT2D eigenvalue weighted by Gasteiger charge is 2.20. The molecule has 0 aliphatic heterocycles. The van der Waals surface area contributed by atoms with Crippen molar-refractivity contribution in [2.24, 2.45) is 5.41 Å². The molecule has 1 unspecified atom stereocenters. The number of carbonyl (C=O) groups excluding carboxylic acids is 1. The van der Waals surface area contributed by atoms with E-state index in [4.69, 9.17) is 4.74 Å². The first-order valence-electron chi connectivity index (χ1n) is 4.58. The zero-order valence-corrected chi connectivity index (χ0v) is 9.17. The van der Waals surface area contributed by atoms with E-state index in [9.17, 15) is 4.79 Å². The summed E-state index contributed by atoms with van der Waals surface area (Å²) in [6.45, 7) is 12.6. The third-order valence-corrected chi connectivity index (χ3v) is 1.80. The minimum absolute atomic E-state index is 0.0872. The lowest BCUT2D eigenvalue weighted by Gasteiger charge is -2.23. The van der Waals surface area contributed by atoms with Crippen LogP contribution in [-0.2, 0) is 9.53 Å². The summed E-state index contributed by atoms with van der Waals surface area (Å²) in [7, 11) is 0. The second kappa shape index (κ2) is 5.46. The van der Waals surface area contributed by atoms with E-state index < -0.39 is 0 Å². The average Bonchev–Trinajstić information content (AvgIpc) is 2.01. The molecule has 0 fully saturated rings. The van der Waals surface area contributed by atoms with E-state index in [1.807, 2.05) is 19.9 Å². The Balaban J connectivity index is 4.37. The van der Waals surface area contributed by atoms with E-state index in [0.717, 1.165) is 0 Å². The predicted molar refractivity (Wildman–Crippen MR) is 57.9 cm³/mol. The SMILES string of the molecule is C=C=CC(C)(C)CC(C=C)OC(C)=O. The van der Waals surface area contributed by atoms with Gasteiger partial charge in [0.1, 0.15) is 6.10 Å². The molecule has 14 heavy (non-hydrogen) atoms. The zero-order valence-electron chi connectivity index (χ0n) is 9.17. The highest BCUT2D eigenvalue weighted by atomic mass is 16.5. The summed E-state index contributed by atoms with van der Waals surface area (Å²) in [4.78, 5) is 10.7. The maximum atomic E-state index is 10.7. The van der Waals surface area contributed by atoms with Gasteiger partial charge in [0.15, 0.2) is 0 Å². The van der Waals surface area contributed by atoms with E-state index in [1.165, 1.54) is 6.92 Å². The zero-order chi connectivity index (χ0) is 11.2. The first kappa shape index (κ1) is 12.7. The van der Waals surface area contributed by atoms with E-state index in [-0.39, 0.29) is 17.5 Å². The van der Waals surface area contributed by atoms with Gasteiger partial charge < -0.3 is 4.74 Å². The monoisotopic (exact) mass is 194 g/mol. The van der Waals surface area contributed by atoms with Crippen LogP contribution in [0, 0.1) is 5.41 Å². The van der Waals surface area contributed by atoms with Crippen molar-refractivity contribution in [3.8, 4) is 0 Å². The molecule has 0 radical (unpaired) electrons. The van der Waals surface area contributed by atoms with Gasteiger partial charge in [-0.2, -0.15) is 0 Å². The van der Waals surface area contributed by atoms with E-state index >= 15 is 0 Å². The van der Waals surface area contributed by atoms with Gasteiger partial charge in [-0.3, -0.25) is 4.79 Å². The van der Waals surface area contributed by atoms with Crippen LogP contribution < -0.4 is 0 Å². The standard InChI is InChI=1S/C12H18O2/c1-6-8-12(4,5)9-11(7-2)14-10(3)13/h7-8,11H,1-2,9H2,3-5H3. The molecule has 0 aromatic heterocycles. The summed E-state index contributed by atoms with van der Waals surface area (Å²) < 4.78 is 5.06. The number of carbonyl (C=O) groups is 1. The Morgan fingerprint density at radius 2 is 2.21 bits per heavy atom. The Bertz CT molecular complexity index is 257. The summed E-state index contributed by atoms with van der Waals surface area (Å²) in [5.41, 5.74) is 2.65. The molecule has 0 bridgehead atoms. The van der Waals surface area contributed by atoms with Gasteiger partial charge in [0.05, 0.1) is 0 Å². The van der Waals surface area contributed by atoms with Crippen molar-refractivity contribution in [1.82, 2.24) is 0 Å². The van der Waals surface area contributed by atoms with Crippen molar-refractivity contribution < 1.29 is 9.53 Å². The van der Waals surface area contributed by atoms with Gasteiger partial charge in [0.2, 0.25) is 0 Å². The minimum atomic E-state index is -0.284. The molecule has 0 N–H and O–H groups in total. The molecule has 0 saturated heterocycles. The van der Waals surface area contributed by atoms with Crippen LogP contribution in [0.1, 0.15) is 27.2 Å². The van der Waals surface area contributed by atoms with Crippen LogP contribution in [0.4, 0.5) is 0 Å². The lowest BCUT2D eigenvalue weighted by molar-refractivity contribution is -0.144. The fourth-order valence-electron chi connectivity index (χ4n) is 1.24. The van der Waals surface area contributed by atoms with Gasteiger partial charge in [0, 0.05) is 6.92 Å². The minimum Gasteiger partial charge on any atom is -0.458 e. The number of hydrogen-bond donors (Lipinski definition) is 0. The molecule has 0 aromatic rings. The van der Waals surface area contributed by atoms with Gasteiger partial charge in [-0.15, -0.1) is 5.73 Å². The molecule has 0 aliphatic carbocycles. The average molecular weight is 194 g/mol. The first-order chi connectivity index (χ1) is 6.41. The number of ether oxygens (including phenoxy) is 1. The van der Waals surface area contributed by atoms with Crippen LogP contribution in [0.3, 0.4) is 0 Å². The Kier molecular flexibility index (Phi) is 4.96. The summed E-state index contributed by atoms with van der Waals surface area (Å²) in [6, 6.07) is 0. The van der Waals surface area contributed by atoms with Crippen LogP contribution >= 0.6 is 0 Å². The molecule has 0 amide bonds. The summed E-state index contributed by atoms with van der Waals surface area (Å²) in [5.74, 6) is -0.284. The molecule has 2 nitrogen and oxygen atoms in total. The lowest BCUT2D eigenvalue weighted by Crippen LogP contribution is -2.21. The molecule has 0 aliphatic rings. The second-order valence-electron chi connectivity index (χ2n) is 3.92. The third-order valence-electron chi connectivity index (χ3n) is 1.80. The molecule has 0 aromatic carbocycles. The fraction of sp³-hybridized carbons (Fsp3) is 0.500. The topological polar surface area (TPSA) is 26.3 Å². The molecule has 0 heterocycles.